The third-order valence-electron chi connectivity index (χ3n) is 1.82. The third-order valence-corrected chi connectivity index (χ3v) is 3.47. The molecule has 94 valence electrons. The molecule has 0 radical (unpaired) electrons. The average molecular weight is 262 g/mol. The Balaban J connectivity index is -0.000000980. The van der Waals surface area contributed by atoms with Crippen molar-refractivity contribution < 1.29 is 49.1 Å². The molecule has 0 aromatic heterocycles. The number of unbranched alkanes of at least 4 members (excludes halogenated alkanes) is 3. The number of rotatable bonds is 10. The van der Waals surface area contributed by atoms with Gasteiger partial charge in [-0.3, -0.25) is 13.6 Å². The maximum absolute atomic E-state index is 11.8. The van der Waals surface area contributed by atoms with E-state index in [0.29, 0.717) is 19.8 Å². The summed E-state index contributed by atoms with van der Waals surface area (Å²) in [7, 11) is -3.27. The second kappa shape index (κ2) is 12.6. The van der Waals surface area contributed by atoms with Crippen LogP contribution in [0, 0.1) is 0 Å². The summed E-state index contributed by atoms with van der Waals surface area (Å²) < 4.78 is 26.9. The number of phosphoric ester groups is 1. The Bertz CT molecular complexity index is 185. The fourth-order valence-corrected chi connectivity index (χ4v) is 2.34. The van der Waals surface area contributed by atoms with Gasteiger partial charge in [0.15, 0.2) is 0 Å². The molecule has 0 fully saturated rings. The molecule has 0 N–H and O–H groups in total. The van der Waals surface area contributed by atoms with Gasteiger partial charge in [0.2, 0.25) is 0 Å². The standard InChI is InChI=1S/C10H23O4P.Na.H/c1-4-7-8-9-10-14-15(11,12-5-2)13-6-3;;/h4-10H2,1-3H3;;/q;+1;-1. The molecule has 0 aliphatic carbocycles. The van der Waals surface area contributed by atoms with E-state index in [1.807, 2.05) is 0 Å². The smallest absolute Gasteiger partial charge is 1.00 e. The average Bonchev–Trinajstić information content (AvgIpc) is 2.18. The summed E-state index contributed by atoms with van der Waals surface area (Å²) in [5.41, 5.74) is 0. The van der Waals surface area contributed by atoms with Crippen LogP contribution in [0.2, 0.25) is 0 Å². The largest absolute Gasteiger partial charge is 1.00 e. The summed E-state index contributed by atoms with van der Waals surface area (Å²) in [6.07, 6.45) is 4.35. The Kier molecular flexibility index (Phi) is 15.3. The van der Waals surface area contributed by atoms with E-state index in [0.717, 1.165) is 12.8 Å². The van der Waals surface area contributed by atoms with E-state index in [9.17, 15) is 4.57 Å². The van der Waals surface area contributed by atoms with Crippen LogP contribution in [-0.4, -0.2) is 19.8 Å². The summed E-state index contributed by atoms with van der Waals surface area (Å²) in [4.78, 5) is 0. The van der Waals surface area contributed by atoms with Gasteiger partial charge in [-0.15, -0.1) is 0 Å². The fraction of sp³-hybridized carbons (Fsp3) is 1.00. The van der Waals surface area contributed by atoms with E-state index >= 15 is 0 Å². The van der Waals surface area contributed by atoms with Crippen molar-refractivity contribution in [1.82, 2.24) is 0 Å². The van der Waals surface area contributed by atoms with Gasteiger partial charge in [-0.1, -0.05) is 26.2 Å². The molecule has 0 aliphatic rings. The van der Waals surface area contributed by atoms with Crippen LogP contribution in [0.4, 0.5) is 0 Å². The van der Waals surface area contributed by atoms with Gasteiger partial charge in [-0.2, -0.15) is 0 Å². The maximum Gasteiger partial charge on any atom is 1.00 e. The van der Waals surface area contributed by atoms with Crippen molar-refractivity contribution in [3.63, 3.8) is 0 Å². The van der Waals surface area contributed by atoms with Crippen LogP contribution in [-0.2, 0) is 18.1 Å². The number of hydrogen-bond acceptors (Lipinski definition) is 4. The second-order valence-corrected chi connectivity index (χ2v) is 4.85. The van der Waals surface area contributed by atoms with Crippen molar-refractivity contribution in [1.29, 1.82) is 0 Å². The molecule has 0 aliphatic heterocycles. The van der Waals surface area contributed by atoms with Gasteiger partial charge in [-0.05, 0) is 20.3 Å². The first-order valence-corrected chi connectivity index (χ1v) is 7.18. The molecule has 0 heterocycles. The van der Waals surface area contributed by atoms with Crippen LogP contribution in [0.15, 0.2) is 0 Å². The van der Waals surface area contributed by atoms with Crippen LogP contribution in [0.5, 0.6) is 0 Å². The predicted octanol–water partition coefficient (Wildman–Crippen LogP) is 0.881. The van der Waals surface area contributed by atoms with Crippen LogP contribution >= 0.6 is 7.82 Å². The van der Waals surface area contributed by atoms with Crippen molar-refractivity contribution in [2.24, 2.45) is 0 Å². The number of phosphoric acid groups is 1. The maximum atomic E-state index is 11.8. The van der Waals surface area contributed by atoms with Crippen molar-refractivity contribution in [3.8, 4) is 0 Å². The van der Waals surface area contributed by atoms with Crippen LogP contribution in [0.1, 0.15) is 47.9 Å². The summed E-state index contributed by atoms with van der Waals surface area (Å²) in [5, 5.41) is 0. The molecule has 0 saturated heterocycles. The third kappa shape index (κ3) is 10.3. The Hall–Kier alpha value is 1.11. The Labute approximate surface area is 123 Å². The van der Waals surface area contributed by atoms with E-state index in [-0.39, 0.29) is 31.0 Å². The summed E-state index contributed by atoms with van der Waals surface area (Å²) >= 11 is 0. The molecule has 0 aromatic carbocycles. The normalized spacial score (nSPS) is 11.2. The Morgan fingerprint density at radius 1 is 0.938 bits per heavy atom. The minimum atomic E-state index is -3.27. The molecule has 16 heavy (non-hydrogen) atoms. The predicted molar refractivity (Wildman–Crippen MR) is 62.1 cm³/mol. The molecule has 0 atom stereocenters. The van der Waals surface area contributed by atoms with E-state index < -0.39 is 7.82 Å². The molecule has 6 heteroatoms. The second-order valence-electron chi connectivity index (χ2n) is 3.18. The first kappa shape index (κ1) is 19.4. The van der Waals surface area contributed by atoms with Gasteiger partial charge in [0, 0.05) is 0 Å². The molecular weight excluding hydrogens is 238 g/mol. The van der Waals surface area contributed by atoms with Gasteiger partial charge < -0.3 is 1.43 Å². The van der Waals surface area contributed by atoms with E-state index in [1.165, 1.54) is 12.8 Å². The van der Waals surface area contributed by atoms with Crippen LogP contribution in [0.3, 0.4) is 0 Å². The van der Waals surface area contributed by atoms with E-state index in [2.05, 4.69) is 6.92 Å². The molecule has 0 rings (SSSR count). The quantitative estimate of drug-likeness (QED) is 0.333. The molecule has 4 nitrogen and oxygen atoms in total. The molecule has 0 saturated carbocycles. The van der Waals surface area contributed by atoms with Crippen LogP contribution in [0.25, 0.3) is 0 Å². The monoisotopic (exact) mass is 262 g/mol. The van der Waals surface area contributed by atoms with Crippen molar-refractivity contribution in [2.75, 3.05) is 19.8 Å². The molecule has 0 aromatic rings. The minimum absolute atomic E-state index is 0. The Morgan fingerprint density at radius 3 is 1.94 bits per heavy atom. The van der Waals surface area contributed by atoms with Crippen molar-refractivity contribution in [3.05, 3.63) is 0 Å². The van der Waals surface area contributed by atoms with Gasteiger partial charge in [-0.25, -0.2) is 4.57 Å². The zero-order chi connectivity index (χ0) is 11.6. The van der Waals surface area contributed by atoms with Crippen molar-refractivity contribution >= 4 is 7.82 Å². The SMILES string of the molecule is CCCCCCOP(=O)(OCC)OCC.[H-].[Na+]. The van der Waals surface area contributed by atoms with Gasteiger partial charge in [0.1, 0.15) is 0 Å². The van der Waals surface area contributed by atoms with Crippen molar-refractivity contribution in [2.45, 2.75) is 46.5 Å². The van der Waals surface area contributed by atoms with E-state index in [4.69, 9.17) is 13.6 Å². The van der Waals surface area contributed by atoms with Gasteiger partial charge >= 0.3 is 37.4 Å². The van der Waals surface area contributed by atoms with E-state index in [1.54, 1.807) is 13.8 Å². The molecule has 0 unspecified atom stereocenters. The minimum Gasteiger partial charge on any atom is -1.00 e. The summed E-state index contributed by atoms with van der Waals surface area (Å²) in [5.74, 6) is 0. The summed E-state index contributed by atoms with van der Waals surface area (Å²) in [6.45, 7) is 6.81. The molecule has 0 amide bonds. The first-order valence-electron chi connectivity index (χ1n) is 5.72. The first-order chi connectivity index (χ1) is 7.18. The topological polar surface area (TPSA) is 44.8 Å². The Morgan fingerprint density at radius 2 is 1.50 bits per heavy atom. The zero-order valence-corrected chi connectivity index (χ0v) is 13.9. The van der Waals surface area contributed by atoms with Crippen LogP contribution < -0.4 is 29.6 Å². The molecule has 0 spiro atoms. The van der Waals surface area contributed by atoms with Gasteiger partial charge in [0.25, 0.3) is 0 Å². The number of hydrogen-bond donors (Lipinski definition) is 0. The molecule has 0 bridgehead atoms. The molecular formula is C10H24NaO4P. The fourth-order valence-electron chi connectivity index (χ4n) is 1.13. The zero-order valence-electron chi connectivity index (χ0n) is 12.0. The summed E-state index contributed by atoms with van der Waals surface area (Å²) in [6, 6.07) is 0. The van der Waals surface area contributed by atoms with Gasteiger partial charge in [0.05, 0.1) is 19.8 Å².